The minimum absolute atomic E-state index is 0.0104. The largest absolute Gasteiger partial charge is 0.486 e. The van der Waals surface area contributed by atoms with Gasteiger partial charge in [0.25, 0.3) is 0 Å². The van der Waals surface area contributed by atoms with Crippen molar-refractivity contribution in [1.29, 1.82) is 0 Å². The molecule has 2 unspecified atom stereocenters. The Bertz CT molecular complexity index is 941. The summed E-state index contributed by atoms with van der Waals surface area (Å²) in [7, 11) is 0. The van der Waals surface area contributed by atoms with Gasteiger partial charge in [-0.05, 0) is 42.7 Å². The molecule has 0 bridgehead atoms. The molecule has 0 radical (unpaired) electrons. The molecule has 0 saturated carbocycles. The van der Waals surface area contributed by atoms with Gasteiger partial charge in [-0.25, -0.2) is 0 Å². The number of carbonyl (C=O) groups is 1. The third kappa shape index (κ3) is 4.77. The molecule has 3 aromatic rings. The van der Waals surface area contributed by atoms with Crippen molar-refractivity contribution in [3.8, 4) is 11.5 Å². The Morgan fingerprint density at radius 2 is 1.90 bits per heavy atom. The summed E-state index contributed by atoms with van der Waals surface area (Å²) in [5.41, 5.74) is 2.16. The van der Waals surface area contributed by atoms with E-state index in [4.69, 9.17) is 9.47 Å². The molecule has 29 heavy (non-hydrogen) atoms. The molecule has 1 aliphatic heterocycles. The van der Waals surface area contributed by atoms with Crippen LogP contribution in [0.3, 0.4) is 0 Å². The Morgan fingerprint density at radius 1 is 1.10 bits per heavy atom. The van der Waals surface area contributed by atoms with Gasteiger partial charge in [0.15, 0.2) is 11.5 Å². The highest BCUT2D eigenvalue weighted by molar-refractivity contribution is 5.77. The summed E-state index contributed by atoms with van der Waals surface area (Å²) in [6, 6.07) is 17.7. The van der Waals surface area contributed by atoms with Gasteiger partial charge in [-0.15, -0.1) is 0 Å². The molecule has 0 aliphatic carbocycles. The van der Waals surface area contributed by atoms with Crippen molar-refractivity contribution < 1.29 is 14.3 Å². The fourth-order valence-electron chi connectivity index (χ4n) is 3.54. The molecule has 2 atom stereocenters. The Labute approximate surface area is 170 Å². The SMILES string of the molecule is CC(CC(=O)NC(Cc1ccccc1)c1ccc2c(c1)OCCO2)n1cccn1. The van der Waals surface area contributed by atoms with Crippen LogP contribution in [-0.2, 0) is 11.2 Å². The van der Waals surface area contributed by atoms with Crippen LogP contribution < -0.4 is 14.8 Å². The van der Waals surface area contributed by atoms with Crippen LogP contribution in [0.4, 0.5) is 0 Å². The van der Waals surface area contributed by atoms with Crippen molar-refractivity contribution >= 4 is 5.91 Å². The number of nitrogens with one attached hydrogen (secondary N) is 1. The van der Waals surface area contributed by atoms with Crippen molar-refractivity contribution in [2.45, 2.75) is 31.8 Å². The molecule has 6 nitrogen and oxygen atoms in total. The van der Waals surface area contributed by atoms with Crippen molar-refractivity contribution in [2.24, 2.45) is 0 Å². The van der Waals surface area contributed by atoms with Gasteiger partial charge in [0.2, 0.25) is 5.91 Å². The lowest BCUT2D eigenvalue weighted by Crippen LogP contribution is -2.31. The molecule has 150 valence electrons. The summed E-state index contributed by atoms with van der Waals surface area (Å²) in [5.74, 6) is 1.46. The number of hydrogen-bond acceptors (Lipinski definition) is 4. The zero-order valence-corrected chi connectivity index (χ0v) is 16.5. The van der Waals surface area contributed by atoms with Gasteiger partial charge < -0.3 is 14.8 Å². The molecule has 0 fully saturated rings. The smallest absolute Gasteiger partial charge is 0.222 e. The van der Waals surface area contributed by atoms with E-state index in [0.29, 0.717) is 26.1 Å². The Morgan fingerprint density at radius 3 is 2.66 bits per heavy atom. The number of amides is 1. The lowest BCUT2D eigenvalue weighted by Gasteiger charge is -2.24. The third-order valence-corrected chi connectivity index (χ3v) is 5.04. The summed E-state index contributed by atoms with van der Waals surface area (Å²) in [6.45, 7) is 3.08. The lowest BCUT2D eigenvalue weighted by molar-refractivity contribution is -0.122. The molecular formula is C23H25N3O3. The number of rotatable bonds is 7. The van der Waals surface area contributed by atoms with E-state index >= 15 is 0 Å². The van der Waals surface area contributed by atoms with Crippen LogP contribution in [0.5, 0.6) is 11.5 Å². The lowest BCUT2D eigenvalue weighted by atomic mass is 9.98. The normalized spacial score (nSPS) is 14.8. The Balaban J connectivity index is 1.52. The van der Waals surface area contributed by atoms with E-state index in [-0.39, 0.29) is 18.0 Å². The fourth-order valence-corrected chi connectivity index (χ4v) is 3.54. The van der Waals surface area contributed by atoms with Gasteiger partial charge in [0, 0.05) is 18.8 Å². The van der Waals surface area contributed by atoms with E-state index < -0.39 is 0 Å². The van der Waals surface area contributed by atoms with Crippen molar-refractivity contribution in [2.75, 3.05) is 13.2 Å². The molecule has 4 rings (SSSR count). The van der Waals surface area contributed by atoms with Crippen LogP contribution >= 0.6 is 0 Å². The highest BCUT2D eigenvalue weighted by Gasteiger charge is 2.20. The maximum absolute atomic E-state index is 12.8. The van der Waals surface area contributed by atoms with E-state index in [1.165, 1.54) is 0 Å². The number of fused-ring (bicyclic) bond motifs is 1. The Kier molecular flexibility index (Phi) is 5.79. The molecule has 0 spiro atoms. The van der Waals surface area contributed by atoms with Crippen LogP contribution in [-0.4, -0.2) is 28.9 Å². The van der Waals surface area contributed by atoms with Crippen LogP contribution in [0.2, 0.25) is 0 Å². The van der Waals surface area contributed by atoms with Crippen molar-refractivity contribution in [1.82, 2.24) is 15.1 Å². The highest BCUT2D eigenvalue weighted by atomic mass is 16.6. The number of nitrogens with zero attached hydrogens (tertiary/aromatic N) is 2. The van der Waals surface area contributed by atoms with Crippen molar-refractivity contribution in [3.63, 3.8) is 0 Å². The van der Waals surface area contributed by atoms with Gasteiger partial charge in [-0.3, -0.25) is 9.48 Å². The van der Waals surface area contributed by atoms with Gasteiger partial charge >= 0.3 is 0 Å². The minimum atomic E-state index is -0.162. The van der Waals surface area contributed by atoms with Gasteiger partial charge in [-0.2, -0.15) is 5.10 Å². The van der Waals surface area contributed by atoms with Crippen LogP contribution in [0.15, 0.2) is 67.0 Å². The summed E-state index contributed by atoms with van der Waals surface area (Å²) in [6.07, 6.45) is 4.65. The van der Waals surface area contributed by atoms with E-state index in [1.54, 1.807) is 10.9 Å². The summed E-state index contributed by atoms with van der Waals surface area (Å²) < 4.78 is 13.2. The molecule has 1 aliphatic rings. The zero-order valence-electron chi connectivity index (χ0n) is 16.5. The zero-order chi connectivity index (χ0) is 20.1. The molecule has 6 heteroatoms. The Hall–Kier alpha value is -3.28. The molecule has 1 N–H and O–H groups in total. The van der Waals surface area contributed by atoms with Crippen molar-refractivity contribution in [3.05, 3.63) is 78.1 Å². The second-order valence-corrected chi connectivity index (χ2v) is 7.25. The number of hydrogen-bond donors (Lipinski definition) is 1. The fraction of sp³-hybridized carbons (Fsp3) is 0.304. The first-order valence-electron chi connectivity index (χ1n) is 9.91. The third-order valence-electron chi connectivity index (χ3n) is 5.04. The molecule has 1 amide bonds. The van der Waals surface area contributed by atoms with Crippen LogP contribution in [0.25, 0.3) is 0 Å². The molecule has 2 aromatic carbocycles. The quantitative estimate of drug-likeness (QED) is 0.667. The first kappa shape index (κ1) is 19.1. The van der Waals surface area contributed by atoms with E-state index in [9.17, 15) is 4.79 Å². The molecule has 1 aromatic heterocycles. The van der Waals surface area contributed by atoms with Crippen LogP contribution in [0.1, 0.15) is 36.6 Å². The topological polar surface area (TPSA) is 65.4 Å². The first-order valence-corrected chi connectivity index (χ1v) is 9.91. The molecule has 0 saturated heterocycles. The van der Waals surface area contributed by atoms with Gasteiger partial charge in [0.1, 0.15) is 13.2 Å². The van der Waals surface area contributed by atoms with E-state index in [2.05, 4.69) is 22.5 Å². The summed E-state index contributed by atoms with van der Waals surface area (Å²) in [5, 5.41) is 7.43. The molecular weight excluding hydrogens is 366 g/mol. The maximum Gasteiger partial charge on any atom is 0.222 e. The molecule has 2 heterocycles. The average Bonchev–Trinajstić information content (AvgIpc) is 3.29. The maximum atomic E-state index is 12.8. The minimum Gasteiger partial charge on any atom is -0.486 e. The number of ether oxygens (including phenoxy) is 2. The summed E-state index contributed by atoms with van der Waals surface area (Å²) in [4.78, 5) is 12.8. The van der Waals surface area contributed by atoms with E-state index in [1.807, 2.05) is 55.6 Å². The number of benzene rings is 2. The number of carbonyl (C=O) groups excluding carboxylic acids is 1. The monoisotopic (exact) mass is 391 g/mol. The highest BCUT2D eigenvalue weighted by Crippen LogP contribution is 2.33. The van der Waals surface area contributed by atoms with Gasteiger partial charge in [0.05, 0.1) is 12.1 Å². The average molecular weight is 391 g/mol. The second kappa shape index (κ2) is 8.82. The predicted octanol–water partition coefficient (Wildman–Crippen LogP) is 3.71. The predicted molar refractivity (Wildman–Crippen MR) is 110 cm³/mol. The first-order chi connectivity index (χ1) is 14.2. The van der Waals surface area contributed by atoms with Crippen LogP contribution in [0, 0.1) is 0 Å². The summed E-state index contributed by atoms with van der Waals surface area (Å²) >= 11 is 0. The van der Waals surface area contributed by atoms with Gasteiger partial charge in [-0.1, -0.05) is 36.4 Å². The standard InChI is InChI=1S/C23H25N3O3/c1-17(26-11-5-10-24-26)14-23(27)25-20(15-18-6-3-2-4-7-18)19-8-9-21-22(16-19)29-13-12-28-21/h2-11,16-17,20H,12-15H2,1H3,(H,25,27). The number of aromatic nitrogens is 2. The second-order valence-electron chi connectivity index (χ2n) is 7.25. The van der Waals surface area contributed by atoms with E-state index in [0.717, 1.165) is 22.6 Å².